The monoisotopic (exact) mass is 912 g/mol. The number of thiophene rings is 1. The van der Waals surface area contributed by atoms with Gasteiger partial charge in [-0.05, 0) is 108 Å². The molecule has 0 saturated carbocycles. The van der Waals surface area contributed by atoms with Gasteiger partial charge in [-0.2, -0.15) is 0 Å². The molecule has 0 aliphatic rings. The second-order valence-electron chi connectivity index (χ2n) is 18.3. The van der Waals surface area contributed by atoms with Crippen molar-refractivity contribution in [1.29, 1.82) is 0 Å². The Balaban J connectivity index is 0.886. The minimum atomic E-state index is 0.780. The van der Waals surface area contributed by atoms with E-state index in [0.717, 1.165) is 94.0 Å². The van der Waals surface area contributed by atoms with Crippen molar-refractivity contribution in [1.82, 2.24) is 4.57 Å². The highest BCUT2D eigenvalue weighted by Gasteiger charge is 2.26. The molecule has 0 amide bonds. The van der Waals surface area contributed by atoms with E-state index in [1.807, 2.05) is 17.4 Å². The third-order valence-electron chi connectivity index (χ3n) is 14.6. The minimum Gasteiger partial charge on any atom is -0.456 e. The van der Waals surface area contributed by atoms with Crippen molar-refractivity contribution in [3.05, 3.63) is 218 Å². The second kappa shape index (κ2) is 14.2. The van der Waals surface area contributed by atoms with Crippen LogP contribution in [0.1, 0.15) is 0 Å². The van der Waals surface area contributed by atoms with Gasteiger partial charge in [0.2, 0.25) is 0 Å². The Kier molecular flexibility index (Phi) is 7.70. The maximum Gasteiger partial charge on any atom is 0.160 e. The van der Waals surface area contributed by atoms with Gasteiger partial charge in [0.05, 0.1) is 27.8 Å². The van der Waals surface area contributed by atoms with E-state index in [4.69, 9.17) is 13.3 Å². The molecule has 326 valence electrons. The molecule has 16 aromatic rings. The van der Waals surface area contributed by atoms with Gasteiger partial charge in [0.1, 0.15) is 27.9 Å². The average molecular weight is 913 g/mol. The van der Waals surface area contributed by atoms with Crippen LogP contribution in [0.2, 0.25) is 0 Å². The molecule has 5 aromatic heterocycles. The predicted molar refractivity (Wildman–Crippen MR) is 293 cm³/mol. The number of benzene rings is 11. The van der Waals surface area contributed by atoms with E-state index >= 15 is 0 Å². The lowest BCUT2D eigenvalue weighted by atomic mass is 10.0. The first-order valence-electron chi connectivity index (χ1n) is 23.6. The largest absolute Gasteiger partial charge is 0.456 e. The molecule has 0 bridgehead atoms. The van der Waals surface area contributed by atoms with E-state index in [1.54, 1.807) is 0 Å². The Morgan fingerprint density at radius 3 is 1.96 bits per heavy atom. The van der Waals surface area contributed by atoms with Crippen molar-refractivity contribution in [2.24, 2.45) is 0 Å². The van der Waals surface area contributed by atoms with E-state index in [9.17, 15) is 0 Å². The van der Waals surface area contributed by atoms with Crippen LogP contribution in [0.15, 0.2) is 232 Å². The fourth-order valence-corrected chi connectivity index (χ4v) is 12.7. The molecule has 0 spiro atoms. The minimum absolute atomic E-state index is 0.780. The molecule has 0 N–H and O–H groups in total. The van der Waals surface area contributed by atoms with Gasteiger partial charge >= 0.3 is 0 Å². The number of hydrogen-bond donors (Lipinski definition) is 0. The first-order valence-corrected chi connectivity index (χ1v) is 24.5. The van der Waals surface area contributed by atoms with Gasteiger partial charge < -0.3 is 22.7 Å². The van der Waals surface area contributed by atoms with E-state index in [0.29, 0.717) is 0 Å². The summed E-state index contributed by atoms with van der Waals surface area (Å²) >= 11 is 1.83. The molecule has 0 radical (unpaired) electrons. The molecule has 0 aliphatic carbocycles. The number of hydrogen-bond acceptors (Lipinski definition) is 5. The number of anilines is 3. The molecule has 0 saturated heterocycles. The zero-order valence-electron chi connectivity index (χ0n) is 37.3. The van der Waals surface area contributed by atoms with Crippen LogP contribution in [-0.2, 0) is 0 Å². The van der Waals surface area contributed by atoms with Crippen LogP contribution in [0.4, 0.5) is 17.1 Å². The lowest BCUT2D eigenvalue weighted by Gasteiger charge is -2.26. The number of rotatable bonds is 5. The zero-order valence-corrected chi connectivity index (χ0v) is 38.1. The van der Waals surface area contributed by atoms with E-state index < -0.39 is 0 Å². The van der Waals surface area contributed by atoms with Gasteiger partial charge in [-0.15, -0.1) is 11.3 Å². The lowest BCUT2D eigenvalue weighted by molar-refractivity contribution is 0.663. The van der Waals surface area contributed by atoms with Gasteiger partial charge in [0, 0.05) is 74.6 Å². The van der Waals surface area contributed by atoms with E-state index in [-0.39, 0.29) is 0 Å². The van der Waals surface area contributed by atoms with Crippen LogP contribution in [0.5, 0.6) is 0 Å². The maximum atomic E-state index is 6.90. The Morgan fingerprint density at radius 2 is 1.03 bits per heavy atom. The fourth-order valence-electron chi connectivity index (χ4n) is 11.4. The van der Waals surface area contributed by atoms with Crippen LogP contribution in [0, 0.1) is 0 Å². The Labute approximate surface area is 402 Å². The number of fused-ring (bicyclic) bond motifs is 18. The maximum absolute atomic E-state index is 6.90. The molecule has 5 heterocycles. The standard InChI is InChI=1S/C64H36N2O3S/c1-2-15-40(16-3-1)65(54-36-49-45-19-8-11-24-59(45)70-64(49)61-47-20-7-10-23-55(47)69-63(54)61)41-27-31-57-50(35-41)60-58(67-57)32-29-46-48-33-38(26-30-56(48)68-62(46)60)39-25-28-44-43-18-6-9-21-52(43)66(53(44)34-39)51-22-12-14-37-13-4-5-17-42(37)51/h1-36H. The van der Waals surface area contributed by atoms with Crippen LogP contribution < -0.4 is 4.90 Å². The Bertz CT molecular complexity index is 4850. The summed E-state index contributed by atoms with van der Waals surface area (Å²) in [6.07, 6.45) is 0. The van der Waals surface area contributed by atoms with Gasteiger partial charge in [-0.1, -0.05) is 127 Å². The molecular weight excluding hydrogens is 877 g/mol. The normalized spacial score (nSPS) is 12.3. The smallest absolute Gasteiger partial charge is 0.160 e. The SMILES string of the molecule is c1ccc(N(c2ccc3oc4ccc5c6cc(-c7ccc8c9ccccc9n(-c9cccc%10ccccc9%10)c8c7)ccc6oc5c4c3c2)c2cc3c4ccccc4sc3c3c2oc2ccccc23)cc1. The Morgan fingerprint density at radius 1 is 0.357 bits per heavy atom. The highest BCUT2D eigenvalue weighted by Crippen LogP contribution is 2.50. The summed E-state index contributed by atoms with van der Waals surface area (Å²) in [7, 11) is 0. The van der Waals surface area contributed by atoms with E-state index in [2.05, 4.69) is 222 Å². The summed E-state index contributed by atoms with van der Waals surface area (Å²) in [5.74, 6) is 0. The number of para-hydroxylation sites is 3. The molecule has 0 fully saturated rings. The van der Waals surface area contributed by atoms with Crippen molar-refractivity contribution in [2.75, 3.05) is 4.90 Å². The molecule has 11 aromatic carbocycles. The first kappa shape index (κ1) is 37.9. The number of nitrogens with zero attached hydrogens (tertiary/aromatic N) is 2. The van der Waals surface area contributed by atoms with Crippen molar-refractivity contribution < 1.29 is 13.3 Å². The second-order valence-corrected chi connectivity index (χ2v) is 19.4. The summed E-state index contributed by atoms with van der Waals surface area (Å²) in [4.78, 5) is 2.33. The molecule has 0 unspecified atom stereocenters. The fraction of sp³-hybridized carbons (Fsp3) is 0. The first-order chi connectivity index (χ1) is 34.7. The summed E-state index contributed by atoms with van der Waals surface area (Å²) < 4.78 is 25.3. The summed E-state index contributed by atoms with van der Waals surface area (Å²) in [5, 5.41) is 13.6. The highest BCUT2D eigenvalue weighted by molar-refractivity contribution is 7.26. The van der Waals surface area contributed by atoms with Gasteiger partial charge in [0.15, 0.2) is 5.58 Å². The highest BCUT2D eigenvalue weighted by atomic mass is 32.1. The summed E-state index contributed by atoms with van der Waals surface area (Å²) in [6.45, 7) is 0. The van der Waals surface area contributed by atoms with Crippen LogP contribution >= 0.6 is 11.3 Å². The number of furan rings is 3. The van der Waals surface area contributed by atoms with Gasteiger partial charge in [0.25, 0.3) is 0 Å². The van der Waals surface area contributed by atoms with Gasteiger partial charge in [-0.3, -0.25) is 0 Å². The Hall–Kier alpha value is -9.10. The molecule has 70 heavy (non-hydrogen) atoms. The molecule has 0 aliphatic heterocycles. The molecule has 5 nitrogen and oxygen atoms in total. The van der Waals surface area contributed by atoms with Crippen molar-refractivity contribution in [3.8, 4) is 16.8 Å². The van der Waals surface area contributed by atoms with Crippen LogP contribution in [0.3, 0.4) is 0 Å². The third-order valence-corrected chi connectivity index (χ3v) is 15.8. The quantitative estimate of drug-likeness (QED) is 0.173. The predicted octanol–water partition coefficient (Wildman–Crippen LogP) is 19.1. The van der Waals surface area contributed by atoms with Crippen molar-refractivity contribution >= 4 is 147 Å². The molecule has 16 rings (SSSR count). The third kappa shape index (κ3) is 5.31. The zero-order chi connectivity index (χ0) is 45.6. The average Bonchev–Trinajstić information content (AvgIpc) is 4.24. The molecule has 0 atom stereocenters. The topological polar surface area (TPSA) is 47.6 Å². The molecule has 6 heteroatoms. The lowest BCUT2D eigenvalue weighted by Crippen LogP contribution is -2.10. The van der Waals surface area contributed by atoms with Crippen LogP contribution in [-0.4, -0.2) is 4.57 Å². The van der Waals surface area contributed by atoms with E-state index in [1.165, 1.54) is 58.4 Å². The van der Waals surface area contributed by atoms with Crippen LogP contribution in [0.25, 0.3) is 135 Å². The number of aromatic nitrogens is 1. The van der Waals surface area contributed by atoms with Gasteiger partial charge in [-0.25, -0.2) is 0 Å². The summed E-state index contributed by atoms with van der Waals surface area (Å²) in [6, 6.07) is 78.2. The van der Waals surface area contributed by atoms with Crippen molar-refractivity contribution in [3.63, 3.8) is 0 Å². The molecular formula is C64H36N2O3S. The summed E-state index contributed by atoms with van der Waals surface area (Å²) in [5.41, 5.74) is 13.7. The van der Waals surface area contributed by atoms with Crippen molar-refractivity contribution in [2.45, 2.75) is 0 Å².